The predicted octanol–water partition coefficient (Wildman–Crippen LogP) is 4.17. The average molecular weight is 255 g/mol. The van der Waals surface area contributed by atoms with Crippen molar-refractivity contribution in [1.82, 2.24) is 4.98 Å². The second-order valence-corrected chi connectivity index (χ2v) is 4.93. The van der Waals surface area contributed by atoms with Crippen LogP contribution in [0.25, 0.3) is 0 Å². The minimum absolute atomic E-state index is 0.181. The van der Waals surface area contributed by atoms with E-state index in [1.165, 1.54) is 24.0 Å². The third-order valence-electron chi connectivity index (χ3n) is 3.38. The van der Waals surface area contributed by atoms with Crippen molar-refractivity contribution in [3.05, 3.63) is 59.4 Å². The van der Waals surface area contributed by atoms with Crippen LogP contribution in [0.15, 0.2) is 42.6 Å². The van der Waals surface area contributed by atoms with E-state index in [1.807, 2.05) is 12.1 Å². The molecule has 0 bridgehead atoms. The maximum Gasteiger partial charge on any atom is 0.179 e. The van der Waals surface area contributed by atoms with Gasteiger partial charge in [0, 0.05) is 12.6 Å². The fourth-order valence-electron chi connectivity index (χ4n) is 2.15. The number of nitrogens with one attached hydrogen (secondary N) is 1. The number of benzene rings is 1. The van der Waals surface area contributed by atoms with Gasteiger partial charge in [0.15, 0.2) is 5.78 Å². The molecule has 0 unspecified atom stereocenters. The van der Waals surface area contributed by atoms with Gasteiger partial charge in [0.25, 0.3) is 0 Å². The summed E-state index contributed by atoms with van der Waals surface area (Å²) >= 11 is 0. The Bertz CT molecular complexity index is 497. The SMILES string of the molecule is CCCCc1ccc(CCC(=O)c2ccc[nH]2)cc1. The zero-order valence-electron chi connectivity index (χ0n) is 11.5. The van der Waals surface area contributed by atoms with Crippen LogP contribution in [0.4, 0.5) is 0 Å². The summed E-state index contributed by atoms with van der Waals surface area (Å²) < 4.78 is 0. The monoisotopic (exact) mass is 255 g/mol. The minimum Gasteiger partial charge on any atom is -0.359 e. The molecular formula is C17H21NO. The molecule has 19 heavy (non-hydrogen) atoms. The lowest BCUT2D eigenvalue weighted by atomic mass is 10.0. The summed E-state index contributed by atoms with van der Waals surface area (Å²) in [6.45, 7) is 2.21. The van der Waals surface area contributed by atoms with Crippen LogP contribution in [0, 0.1) is 0 Å². The number of aromatic amines is 1. The van der Waals surface area contributed by atoms with Crippen LogP contribution >= 0.6 is 0 Å². The van der Waals surface area contributed by atoms with Gasteiger partial charge in [-0.3, -0.25) is 4.79 Å². The highest BCUT2D eigenvalue weighted by Gasteiger charge is 2.06. The Labute approximate surface area is 114 Å². The molecule has 0 atom stereocenters. The molecule has 0 aliphatic carbocycles. The highest BCUT2D eigenvalue weighted by atomic mass is 16.1. The van der Waals surface area contributed by atoms with E-state index in [4.69, 9.17) is 0 Å². The second kappa shape index (κ2) is 6.93. The summed E-state index contributed by atoms with van der Waals surface area (Å²) in [7, 11) is 0. The first kappa shape index (κ1) is 13.6. The first-order valence-corrected chi connectivity index (χ1v) is 7.04. The summed E-state index contributed by atoms with van der Waals surface area (Å²) in [6.07, 6.45) is 6.78. The number of Topliss-reactive ketones (excluding diaryl/α,β-unsaturated/α-hetero) is 1. The van der Waals surface area contributed by atoms with Crippen molar-refractivity contribution in [2.24, 2.45) is 0 Å². The molecule has 0 aliphatic rings. The molecule has 0 fully saturated rings. The van der Waals surface area contributed by atoms with E-state index in [1.54, 1.807) is 6.20 Å². The molecule has 0 amide bonds. The van der Waals surface area contributed by atoms with Crippen molar-refractivity contribution < 1.29 is 4.79 Å². The van der Waals surface area contributed by atoms with Crippen molar-refractivity contribution in [2.75, 3.05) is 0 Å². The predicted molar refractivity (Wildman–Crippen MR) is 78.5 cm³/mol. The molecule has 2 nitrogen and oxygen atoms in total. The maximum atomic E-state index is 11.9. The van der Waals surface area contributed by atoms with Gasteiger partial charge in [-0.15, -0.1) is 0 Å². The molecule has 2 aromatic rings. The minimum atomic E-state index is 0.181. The van der Waals surface area contributed by atoms with Gasteiger partial charge in [-0.2, -0.15) is 0 Å². The Morgan fingerprint density at radius 2 is 1.74 bits per heavy atom. The summed E-state index contributed by atoms with van der Waals surface area (Å²) in [5.74, 6) is 0.181. The van der Waals surface area contributed by atoms with E-state index in [0.717, 1.165) is 12.8 Å². The van der Waals surface area contributed by atoms with E-state index >= 15 is 0 Å². The molecule has 0 aliphatic heterocycles. The van der Waals surface area contributed by atoms with E-state index in [-0.39, 0.29) is 5.78 Å². The summed E-state index contributed by atoms with van der Waals surface area (Å²) in [4.78, 5) is 14.8. The van der Waals surface area contributed by atoms with Crippen molar-refractivity contribution in [2.45, 2.75) is 39.0 Å². The average Bonchev–Trinajstić information content (AvgIpc) is 2.98. The van der Waals surface area contributed by atoms with Gasteiger partial charge < -0.3 is 4.98 Å². The van der Waals surface area contributed by atoms with Crippen LogP contribution < -0.4 is 0 Å². The lowest BCUT2D eigenvalue weighted by molar-refractivity contribution is 0.0978. The van der Waals surface area contributed by atoms with Crippen molar-refractivity contribution >= 4 is 5.78 Å². The number of carbonyl (C=O) groups is 1. The van der Waals surface area contributed by atoms with E-state index in [0.29, 0.717) is 12.1 Å². The smallest absolute Gasteiger partial charge is 0.179 e. The summed E-state index contributed by atoms with van der Waals surface area (Å²) in [5, 5.41) is 0. The number of H-pyrrole nitrogens is 1. The molecule has 0 saturated carbocycles. The fraction of sp³-hybridized carbons (Fsp3) is 0.353. The number of ketones is 1. The Morgan fingerprint density at radius 1 is 1.05 bits per heavy atom. The zero-order valence-corrected chi connectivity index (χ0v) is 11.5. The van der Waals surface area contributed by atoms with E-state index in [2.05, 4.69) is 36.2 Å². The normalized spacial score (nSPS) is 10.6. The number of carbonyl (C=O) groups excluding carboxylic acids is 1. The molecule has 1 heterocycles. The number of hydrogen-bond acceptors (Lipinski definition) is 1. The zero-order chi connectivity index (χ0) is 13.5. The third-order valence-corrected chi connectivity index (χ3v) is 3.38. The number of unbranched alkanes of at least 4 members (excludes halogenated alkanes) is 1. The van der Waals surface area contributed by atoms with Gasteiger partial charge in [-0.1, -0.05) is 37.6 Å². The molecule has 100 valence electrons. The standard InChI is InChI=1S/C17H21NO/c1-2-3-5-14-7-9-15(10-8-14)11-12-17(19)16-6-4-13-18-16/h4,6-10,13,18H,2-3,5,11-12H2,1H3. The van der Waals surface area contributed by atoms with Crippen LogP contribution in [-0.2, 0) is 12.8 Å². The highest BCUT2D eigenvalue weighted by Crippen LogP contribution is 2.11. The lowest BCUT2D eigenvalue weighted by Gasteiger charge is -2.03. The topological polar surface area (TPSA) is 32.9 Å². The van der Waals surface area contributed by atoms with Gasteiger partial charge in [0.2, 0.25) is 0 Å². The van der Waals surface area contributed by atoms with Crippen LogP contribution in [0.1, 0.15) is 47.8 Å². The summed E-state index contributed by atoms with van der Waals surface area (Å²) in [6, 6.07) is 12.3. The van der Waals surface area contributed by atoms with Gasteiger partial charge in [-0.25, -0.2) is 0 Å². The van der Waals surface area contributed by atoms with Crippen LogP contribution in [0.3, 0.4) is 0 Å². The first-order chi connectivity index (χ1) is 9.29. The number of aryl methyl sites for hydroxylation is 2. The van der Waals surface area contributed by atoms with Crippen LogP contribution in [0.5, 0.6) is 0 Å². The van der Waals surface area contributed by atoms with Crippen molar-refractivity contribution in [3.63, 3.8) is 0 Å². The Kier molecular flexibility index (Phi) is 4.96. The van der Waals surface area contributed by atoms with Gasteiger partial charge in [0.05, 0.1) is 5.69 Å². The summed E-state index contributed by atoms with van der Waals surface area (Å²) in [5.41, 5.74) is 3.33. The molecule has 0 spiro atoms. The Hall–Kier alpha value is -1.83. The number of aromatic nitrogens is 1. The maximum absolute atomic E-state index is 11.9. The first-order valence-electron chi connectivity index (χ1n) is 7.04. The van der Waals surface area contributed by atoms with Gasteiger partial charge in [0.1, 0.15) is 0 Å². The highest BCUT2D eigenvalue weighted by molar-refractivity contribution is 5.94. The van der Waals surface area contributed by atoms with Crippen LogP contribution in [-0.4, -0.2) is 10.8 Å². The quantitative estimate of drug-likeness (QED) is 0.740. The van der Waals surface area contributed by atoms with Gasteiger partial charge >= 0.3 is 0 Å². The molecule has 1 aromatic heterocycles. The van der Waals surface area contributed by atoms with E-state index in [9.17, 15) is 4.79 Å². The van der Waals surface area contributed by atoms with Crippen LogP contribution in [0.2, 0.25) is 0 Å². The number of rotatable bonds is 7. The third kappa shape index (κ3) is 4.09. The fourth-order valence-corrected chi connectivity index (χ4v) is 2.15. The van der Waals surface area contributed by atoms with Crippen molar-refractivity contribution in [3.8, 4) is 0 Å². The Morgan fingerprint density at radius 3 is 2.32 bits per heavy atom. The molecule has 0 radical (unpaired) electrons. The lowest BCUT2D eigenvalue weighted by Crippen LogP contribution is -2.01. The number of hydrogen-bond donors (Lipinski definition) is 1. The Balaban J connectivity index is 1.84. The molecule has 0 saturated heterocycles. The molecule has 2 rings (SSSR count). The molecule has 1 N–H and O–H groups in total. The molecule has 2 heteroatoms. The largest absolute Gasteiger partial charge is 0.359 e. The molecular weight excluding hydrogens is 234 g/mol. The van der Waals surface area contributed by atoms with E-state index < -0.39 is 0 Å². The molecule has 1 aromatic carbocycles. The van der Waals surface area contributed by atoms with Crippen molar-refractivity contribution in [1.29, 1.82) is 0 Å². The second-order valence-electron chi connectivity index (χ2n) is 4.93. The van der Waals surface area contributed by atoms with Gasteiger partial charge in [-0.05, 0) is 42.5 Å².